The highest BCUT2D eigenvalue weighted by atomic mass is 16.5. The molecule has 12 heavy (non-hydrogen) atoms. The van der Waals surface area contributed by atoms with Gasteiger partial charge in [0.2, 0.25) is 0 Å². The Morgan fingerprint density at radius 3 is 2.17 bits per heavy atom. The van der Waals surface area contributed by atoms with Crippen LogP contribution in [0.25, 0.3) is 0 Å². The molecule has 0 bridgehead atoms. The molecule has 2 heteroatoms. The van der Waals surface area contributed by atoms with Gasteiger partial charge in [0.15, 0.2) is 0 Å². The van der Waals surface area contributed by atoms with Crippen molar-refractivity contribution < 1.29 is 9.53 Å². The summed E-state index contributed by atoms with van der Waals surface area (Å²) >= 11 is 0. The van der Waals surface area contributed by atoms with Gasteiger partial charge in [-0.25, -0.2) is 0 Å². The van der Waals surface area contributed by atoms with E-state index in [4.69, 9.17) is 4.74 Å². The van der Waals surface area contributed by atoms with Gasteiger partial charge in [-0.1, -0.05) is 34.1 Å². The molecule has 0 aromatic heterocycles. The summed E-state index contributed by atoms with van der Waals surface area (Å²) in [5.74, 6) is 1.08. The molecular formula is C10H20O2. The molecule has 0 spiro atoms. The Hall–Kier alpha value is -0.530. The third kappa shape index (κ3) is 3.24. The SMILES string of the molecule is CCC(C)C(C)C(CC)OC=O. The lowest BCUT2D eigenvalue weighted by atomic mass is 9.87. The summed E-state index contributed by atoms with van der Waals surface area (Å²) in [4.78, 5) is 10.2. The van der Waals surface area contributed by atoms with Gasteiger partial charge < -0.3 is 4.74 Å². The average molecular weight is 172 g/mol. The van der Waals surface area contributed by atoms with E-state index in [1.165, 1.54) is 0 Å². The van der Waals surface area contributed by atoms with Crippen LogP contribution in [0.4, 0.5) is 0 Å². The molecule has 3 unspecified atom stereocenters. The monoisotopic (exact) mass is 172 g/mol. The maximum absolute atomic E-state index is 10.2. The summed E-state index contributed by atoms with van der Waals surface area (Å²) in [6.45, 7) is 9.11. The molecule has 0 aliphatic heterocycles. The molecule has 0 aromatic carbocycles. The zero-order valence-corrected chi connectivity index (χ0v) is 8.54. The largest absolute Gasteiger partial charge is 0.464 e. The molecule has 0 saturated heterocycles. The topological polar surface area (TPSA) is 26.3 Å². The number of rotatable bonds is 6. The quantitative estimate of drug-likeness (QED) is 0.576. The lowest BCUT2D eigenvalue weighted by Gasteiger charge is -2.25. The molecule has 0 saturated carbocycles. The van der Waals surface area contributed by atoms with Gasteiger partial charge >= 0.3 is 0 Å². The zero-order valence-electron chi connectivity index (χ0n) is 8.54. The van der Waals surface area contributed by atoms with E-state index < -0.39 is 0 Å². The minimum absolute atomic E-state index is 0.0949. The molecule has 0 aromatic rings. The zero-order chi connectivity index (χ0) is 9.56. The summed E-state index contributed by atoms with van der Waals surface area (Å²) in [6.07, 6.45) is 2.14. The summed E-state index contributed by atoms with van der Waals surface area (Å²) in [7, 11) is 0. The number of carbonyl (C=O) groups excluding carboxylic acids is 1. The Bertz CT molecular complexity index is 123. The van der Waals surface area contributed by atoms with Crippen molar-refractivity contribution in [2.24, 2.45) is 11.8 Å². The first-order chi connectivity index (χ1) is 5.67. The van der Waals surface area contributed by atoms with E-state index in [2.05, 4.69) is 20.8 Å². The number of ether oxygens (including phenoxy) is 1. The number of carbonyl (C=O) groups is 1. The van der Waals surface area contributed by atoms with Gasteiger partial charge in [0.05, 0.1) is 0 Å². The second-order valence-electron chi connectivity index (χ2n) is 3.42. The van der Waals surface area contributed by atoms with Crippen molar-refractivity contribution in [1.82, 2.24) is 0 Å². The lowest BCUT2D eigenvalue weighted by Crippen LogP contribution is -2.25. The van der Waals surface area contributed by atoms with Crippen LogP contribution in [-0.4, -0.2) is 12.6 Å². The normalized spacial score (nSPS) is 18.0. The molecule has 72 valence electrons. The van der Waals surface area contributed by atoms with E-state index in [0.717, 1.165) is 12.8 Å². The molecule has 0 radical (unpaired) electrons. The maximum atomic E-state index is 10.2. The lowest BCUT2D eigenvalue weighted by molar-refractivity contribution is -0.137. The first-order valence-electron chi connectivity index (χ1n) is 4.76. The summed E-state index contributed by atoms with van der Waals surface area (Å²) in [5, 5.41) is 0. The predicted octanol–water partition coefficient (Wildman–Crippen LogP) is 2.62. The predicted molar refractivity (Wildman–Crippen MR) is 49.8 cm³/mol. The van der Waals surface area contributed by atoms with Crippen molar-refractivity contribution in [2.75, 3.05) is 0 Å². The van der Waals surface area contributed by atoms with Crippen LogP contribution in [-0.2, 0) is 9.53 Å². The maximum Gasteiger partial charge on any atom is 0.293 e. The summed E-state index contributed by atoms with van der Waals surface area (Å²) in [6, 6.07) is 0. The van der Waals surface area contributed by atoms with Crippen molar-refractivity contribution in [1.29, 1.82) is 0 Å². The van der Waals surface area contributed by atoms with Gasteiger partial charge in [-0.05, 0) is 18.3 Å². The van der Waals surface area contributed by atoms with Crippen molar-refractivity contribution in [2.45, 2.75) is 46.6 Å². The van der Waals surface area contributed by atoms with E-state index in [1.54, 1.807) is 0 Å². The molecule has 0 N–H and O–H groups in total. The van der Waals surface area contributed by atoms with E-state index in [1.807, 2.05) is 6.92 Å². The van der Waals surface area contributed by atoms with Crippen LogP contribution in [0.1, 0.15) is 40.5 Å². The average Bonchev–Trinajstić information content (AvgIpc) is 2.11. The van der Waals surface area contributed by atoms with E-state index in [9.17, 15) is 4.79 Å². The van der Waals surface area contributed by atoms with Crippen molar-refractivity contribution in [3.8, 4) is 0 Å². The van der Waals surface area contributed by atoms with Gasteiger partial charge in [-0.3, -0.25) is 4.79 Å². The standard InChI is InChI=1S/C10H20O2/c1-5-8(3)9(4)10(6-2)12-7-11/h7-10H,5-6H2,1-4H3. The van der Waals surface area contributed by atoms with Crippen LogP contribution >= 0.6 is 0 Å². The highest BCUT2D eigenvalue weighted by Crippen LogP contribution is 2.21. The highest BCUT2D eigenvalue weighted by molar-refractivity contribution is 5.37. The third-order valence-corrected chi connectivity index (χ3v) is 2.76. The molecule has 0 aliphatic rings. The van der Waals surface area contributed by atoms with Gasteiger partial charge in [0.1, 0.15) is 6.10 Å². The molecule has 0 fully saturated rings. The summed E-state index contributed by atoms with van der Waals surface area (Å²) in [5.41, 5.74) is 0. The minimum atomic E-state index is 0.0949. The van der Waals surface area contributed by atoms with Crippen LogP contribution in [0.5, 0.6) is 0 Å². The molecule has 3 atom stereocenters. The van der Waals surface area contributed by atoms with Crippen molar-refractivity contribution >= 4 is 6.47 Å². The smallest absolute Gasteiger partial charge is 0.293 e. The fraction of sp³-hybridized carbons (Fsp3) is 0.900. The first kappa shape index (κ1) is 11.5. The number of hydrogen-bond donors (Lipinski definition) is 0. The van der Waals surface area contributed by atoms with Crippen molar-refractivity contribution in [3.63, 3.8) is 0 Å². The van der Waals surface area contributed by atoms with Gasteiger partial charge in [-0.2, -0.15) is 0 Å². The van der Waals surface area contributed by atoms with Crippen LogP contribution in [0.3, 0.4) is 0 Å². The first-order valence-corrected chi connectivity index (χ1v) is 4.76. The highest BCUT2D eigenvalue weighted by Gasteiger charge is 2.20. The Kier molecular flexibility index (Phi) is 5.77. The molecule has 0 rings (SSSR count). The Morgan fingerprint density at radius 1 is 1.25 bits per heavy atom. The Balaban J connectivity index is 3.99. The van der Waals surface area contributed by atoms with Gasteiger partial charge in [0, 0.05) is 0 Å². The second kappa shape index (κ2) is 6.04. The minimum Gasteiger partial charge on any atom is -0.464 e. The van der Waals surface area contributed by atoms with Gasteiger partial charge in [-0.15, -0.1) is 0 Å². The van der Waals surface area contributed by atoms with Gasteiger partial charge in [0.25, 0.3) is 6.47 Å². The fourth-order valence-electron chi connectivity index (χ4n) is 1.40. The Labute approximate surface area is 75.3 Å². The Morgan fingerprint density at radius 2 is 1.83 bits per heavy atom. The third-order valence-electron chi connectivity index (χ3n) is 2.76. The van der Waals surface area contributed by atoms with E-state index >= 15 is 0 Å². The summed E-state index contributed by atoms with van der Waals surface area (Å²) < 4.78 is 5.00. The van der Waals surface area contributed by atoms with Crippen LogP contribution in [0, 0.1) is 11.8 Å². The van der Waals surface area contributed by atoms with Crippen LogP contribution < -0.4 is 0 Å². The molecule has 0 amide bonds. The second-order valence-corrected chi connectivity index (χ2v) is 3.42. The van der Waals surface area contributed by atoms with Crippen LogP contribution in [0.15, 0.2) is 0 Å². The molecule has 0 heterocycles. The molecule has 2 nitrogen and oxygen atoms in total. The van der Waals surface area contributed by atoms with E-state index in [0.29, 0.717) is 18.3 Å². The van der Waals surface area contributed by atoms with E-state index in [-0.39, 0.29) is 6.10 Å². The van der Waals surface area contributed by atoms with Crippen LogP contribution in [0.2, 0.25) is 0 Å². The molecular weight excluding hydrogens is 152 g/mol. The number of hydrogen-bond acceptors (Lipinski definition) is 2. The fourth-order valence-corrected chi connectivity index (χ4v) is 1.40. The molecule has 0 aliphatic carbocycles. The van der Waals surface area contributed by atoms with Crippen molar-refractivity contribution in [3.05, 3.63) is 0 Å².